The Morgan fingerprint density at radius 3 is 2.74 bits per heavy atom. The standard InChI is InChI=1S/C17H22F2N2O2/c18-16(19)23-14-3-1-2-13(10-14)11-15(22)21-8-5-17(6-9-21)4-7-20-12-17/h1-3,10,16,20H,4-9,11-12H2. The lowest BCUT2D eigenvalue weighted by Gasteiger charge is -2.39. The average Bonchev–Trinajstić information content (AvgIpc) is 2.96. The number of ether oxygens (including phenoxy) is 1. The van der Waals surface area contributed by atoms with Crippen LogP contribution in [0.1, 0.15) is 24.8 Å². The molecule has 0 unspecified atom stereocenters. The minimum atomic E-state index is -2.85. The third-order valence-electron chi connectivity index (χ3n) is 4.99. The van der Waals surface area contributed by atoms with Crippen molar-refractivity contribution in [2.24, 2.45) is 5.41 Å². The third-order valence-corrected chi connectivity index (χ3v) is 4.99. The third kappa shape index (κ3) is 3.99. The van der Waals surface area contributed by atoms with Crippen LogP contribution in [0.4, 0.5) is 8.78 Å². The molecule has 6 heteroatoms. The van der Waals surface area contributed by atoms with Crippen molar-refractivity contribution in [1.82, 2.24) is 10.2 Å². The number of nitrogens with zero attached hydrogens (tertiary/aromatic N) is 1. The van der Waals surface area contributed by atoms with Gasteiger partial charge in [-0.25, -0.2) is 0 Å². The van der Waals surface area contributed by atoms with Crippen molar-refractivity contribution in [2.45, 2.75) is 32.3 Å². The van der Waals surface area contributed by atoms with Crippen LogP contribution in [-0.4, -0.2) is 43.6 Å². The minimum absolute atomic E-state index is 0.0556. The summed E-state index contributed by atoms with van der Waals surface area (Å²) in [5.41, 5.74) is 1.08. The molecule has 1 amide bonds. The summed E-state index contributed by atoms with van der Waals surface area (Å²) >= 11 is 0. The summed E-state index contributed by atoms with van der Waals surface area (Å²) in [5, 5.41) is 3.41. The van der Waals surface area contributed by atoms with E-state index in [1.54, 1.807) is 12.1 Å². The number of carbonyl (C=O) groups excluding carboxylic acids is 1. The highest BCUT2D eigenvalue weighted by molar-refractivity contribution is 5.79. The second-order valence-corrected chi connectivity index (χ2v) is 6.51. The SMILES string of the molecule is O=C(Cc1cccc(OC(F)F)c1)N1CCC2(CCNC2)CC1. The van der Waals surface area contributed by atoms with E-state index in [0.29, 0.717) is 11.0 Å². The van der Waals surface area contributed by atoms with Crippen LogP contribution in [0.15, 0.2) is 24.3 Å². The number of benzene rings is 1. The highest BCUT2D eigenvalue weighted by atomic mass is 19.3. The molecule has 2 saturated heterocycles. The van der Waals surface area contributed by atoms with Crippen molar-refractivity contribution in [2.75, 3.05) is 26.2 Å². The number of hydrogen-bond donors (Lipinski definition) is 1. The monoisotopic (exact) mass is 324 g/mol. The number of rotatable bonds is 4. The van der Waals surface area contributed by atoms with E-state index >= 15 is 0 Å². The lowest BCUT2D eigenvalue weighted by atomic mass is 9.78. The molecule has 0 aliphatic carbocycles. The molecule has 2 fully saturated rings. The maximum atomic E-state index is 12.4. The van der Waals surface area contributed by atoms with Crippen molar-refractivity contribution in [3.63, 3.8) is 0 Å². The average molecular weight is 324 g/mol. The Kier molecular flexibility index (Phi) is 4.80. The van der Waals surface area contributed by atoms with E-state index in [4.69, 9.17) is 0 Å². The number of amides is 1. The van der Waals surface area contributed by atoms with Gasteiger partial charge >= 0.3 is 6.61 Å². The molecule has 2 aliphatic heterocycles. The molecule has 2 heterocycles. The van der Waals surface area contributed by atoms with E-state index in [1.165, 1.54) is 18.6 Å². The van der Waals surface area contributed by atoms with Crippen LogP contribution in [0.5, 0.6) is 5.75 Å². The van der Waals surface area contributed by atoms with Crippen LogP contribution < -0.4 is 10.1 Å². The number of piperidine rings is 1. The van der Waals surface area contributed by atoms with Gasteiger partial charge < -0.3 is 15.0 Å². The van der Waals surface area contributed by atoms with Gasteiger partial charge in [0.25, 0.3) is 0 Å². The lowest BCUT2D eigenvalue weighted by molar-refractivity contribution is -0.132. The molecule has 126 valence electrons. The summed E-state index contributed by atoms with van der Waals surface area (Å²) in [4.78, 5) is 14.3. The van der Waals surface area contributed by atoms with Gasteiger partial charge in [-0.2, -0.15) is 8.78 Å². The van der Waals surface area contributed by atoms with E-state index in [9.17, 15) is 13.6 Å². The minimum Gasteiger partial charge on any atom is -0.435 e. The molecule has 1 spiro atoms. The first-order valence-electron chi connectivity index (χ1n) is 8.09. The molecule has 0 radical (unpaired) electrons. The predicted octanol–water partition coefficient (Wildman–Crippen LogP) is 2.43. The molecule has 1 aromatic carbocycles. The molecule has 3 rings (SSSR count). The van der Waals surface area contributed by atoms with Gasteiger partial charge in [0.2, 0.25) is 5.91 Å². The zero-order valence-corrected chi connectivity index (χ0v) is 13.1. The van der Waals surface area contributed by atoms with Gasteiger partial charge in [0.15, 0.2) is 0 Å². The van der Waals surface area contributed by atoms with Crippen LogP contribution in [0, 0.1) is 5.41 Å². The fourth-order valence-corrected chi connectivity index (χ4v) is 3.57. The fourth-order valence-electron chi connectivity index (χ4n) is 3.57. The molecule has 23 heavy (non-hydrogen) atoms. The van der Waals surface area contributed by atoms with Gasteiger partial charge in [-0.3, -0.25) is 4.79 Å². The quantitative estimate of drug-likeness (QED) is 0.925. The zero-order chi connectivity index (χ0) is 16.3. The topological polar surface area (TPSA) is 41.6 Å². The Morgan fingerprint density at radius 1 is 1.30 bits per heavy atom. The summed E-state index contributed by atoms with van der Waals surface area (Å²) in [6.07, 6.45) is 3.51. The van der Waals surface area contributed by atoms with E-state index in [0.717, 1.165) is 39.0 Å². The Morgan fingerprint density at radius 2 is 2.09 bits per heavy atom. The number of halogens is 2. The van der Waals surface area contributed by atoms with E-state index < -0.39 is 6.61 Å². The Labute approximate surface area is 134 Å². The normalized spacial score (nSPS) is 20.2. The first-order chi connectivity index (χ1) is 11.1. The van der Waals surface area contributed by atoms with Crippen molar-refractivity contribution in [3.05, 3.63) is 29.8 Å². The number of carbonyl (C=O) groups is 1. The van der Waals surface area contributed by atoms with Crippen molar-refractivity contribution >= 4 is 5.91 Å². The molecular formula is C17H22F2N2O2. The Hall–Kier alpha value is -1.69. The molecule has 0 aromatic heterocycles. The number of likely N-dealkylation sites (tertiary alicyclic amines) is 1. The highest BCUT2D eigenvalue weighted by Gasteiger charge is 2.37. The van der Waals surface area contributed by atoms with E-state index in [1.807, 2.05) is 4.90 Å². The summed E-state index contributed by atoms with van der Waals surface area (Å²) < 4.78 is 28.9. The van der Waals surface area contributed by atoms with Crippen LogP contribution >= 0.6 is 0 Å². The van der Waals surface area contributed by atoms with Crippen LogP contribution in [-0.2, 0) is 11.2 Å². The highest BCUT2D eigenvalue weighted by Crippen LogP contribution is 2.37. The van der Waals surface area contributed by atoms with E-state index in [-0.39, 0.29) is 18.1 Å². The fraction of sp³-hybridized carbons (Fsp3) is 0.588. The van der Waals surface area contributed by atoms with E-state index in [2.05, 4.69) is 10.1 Å². The zero-order valence-electron chi connectivity index (χ0n) is 13.1. The first kappa shape index (κ1) is 16.2. The molecule has 4 nitrogen and oxygen atoms in total. The van der Waals surface area contributed by atoms with Crippen LogP contribution in [0.3, 0.4) is 0 Å². The largest absolute Gasteiger partial charge is 0.435 e. The maximum Gasteiger partial charge on any atom is 0.387 e. The second-order valence-electron chi connectivity index (χ2n) is 6.51. The van der Waals surface area contributed by atoms with Gasteiger partial charge in [-0.15, -0.1) is 0 Å². The van der Waals surface area contributed by atoms with Gasteiger partial charge in [0.05, 0.1) is 6.42 Å². The predicted molar refractivity (Wildman–Crippen MR) is 82.5 cm³/mol. The maximum absolute atomic E-state index is 12.4. The van der Waals surface area contributed by atoms with Gasteiger partial charge in [-0.1, -0.05) is 12.1 Å². The van der Waals surface area contributed by atoms with Crippen molar-refractivity contribution in [1.29, 1.82) is 0 Å². The van der Waals surface area contributed by atoms with Crippen molar-refractivity contribution in [3.8, 4) is 5.75 Å². The molecular weight excluding hydrogens is 302 g/mol. The Bertz CT molecular complexity index is 549. The molecule has 2 aliphatic rings. The van der Waals surface area contributed by atoms with Gasteiger partial charge in [-0.05, 0) is 48.9 Å². The number of hydrogen-bond acceptors (Lipinski definition) is 3. The molecule has 1 N–H and O–H groups in total. The molecule has 1 aromatic rings. The second kappa shape index (κ2) is 6.83. The number of nitrogens with one attached hydrogen (secondary N) is 1. The summed E-state index contributed by atoms with van der Waals surface area (Å²) in [7, 11) is 0. The smallest absolute Gasteiger partial charge is 0.387 e. The molecule has 0 bridgehead atoms. The van der Waals surface area contributed by atoms with Gasteiger partial charge in [0, 0.05) is 19.6 Å². The molecule has 0 saturated carbocycles. The Balaban J connectivity index is 1.55. The van der Waals surface area contributed by atoms with Crippen LogP contribution in [0.25, 0.3) is 0 Å². The first-order valence-corrected chi connectivity index (χ1v) is 8.09. The summed E-state index contributed by atoms with van der Waals surface area (Å²) in [6, 6.07) is 6.38. The number of alkyl halides is 2. The molecule has 0 atom stereocenters. The summed E-state index contributed by atoms with van der Waals surface area (Å²) in [5.74, 6) is 0.153. The summed E-state index contributed by atoms with van der Waals surface area (Å²) in [6.45, 7) is 0.855. The van der Waals surface area contributed by atoms with Crippen LogP contribution in [0.2, 0.25) is 0 Å². The van der Waals surface area contributed by atoms with Gasteiger partial charge in [0.1, 0.15) is 5.75 Å². The van der Waals surface area contributed by atoms with Crippen molar-refractivity contribution < 1.29 is 18.3 Å². The lowest BCUT2D eigenvalue weighted by Crippen LogP contribution is -2.44.